The number of carbonyl (C=O) groups excluding carboxylic acids is 1. The molecule has 0 aliphatic carbocycles. The molecular weight excluding hydrogens is 235 g/mol. The number of nitrogens with one attached hydrogen (secondary N) is 2. The van der Waals surface area contributed by atoms with Gasteiger partial charge in [0, 0.05) is 19.6 Å². The van der Waals surface area contributed by atoms with Crippen molar-refractivity contribution in [1.29, 1.82) is 0 Å². The van der Waals surface area contributed by atoms with Gasteiger partial charge in [0.15, 0.2) is 0 Å². The fourth-order valence-corrected chi connectivity index (χ4v) is 1.87. The molecule has 5 heteroatoms. The molecule has 0 spiro atoms. The molecule has 2 N–H and O–H groups in total. The lowest BCUT2D eigenvalue weighted by molar-refractivity contribution is 0.0287. The Morgan fingerprint density at radius 3 is 3.17 bits per heavy atom. The Bertz CT molecular complexity index is 431. The van der Waals surface area contributed by atoms with Crippen LogP contribution in [-0.4, -0.2) is 38.3 Å². The summed E-state index contributed by atoms with van der Waals surface area (Å²) in [5.41, 5.74) is 0.941. The molecular formula is C13H17FN2O2. The second-order valence-electron chi connectivity index (χ2n) is 4.39. The predicted molar refractivity (Wildman–Crippen MR) is 66.1 cm³/mol. The summed E-state index contributed by atoms with van der Waals surface area (Å²) in [5, 5.41) is 5.86. The molecule has 1 aliphatic rings. The second-order valence-corrected chi connectivity index (χ2v) is 4.39. The summed E-state index contributed by atoms with van der Waals surface area (Å²) < 4.78 is 18.9. The van der Waals surface area contributed by atoms with Gasteiger partial charge in [0.25, 0.3) is 5.91 Å². The zero-order valence-electron chi connectivity index (χ0n) is 10.3. The molecule has 1 aliphatic heterocycles. The van der Waals surface area contributed by atoms with E-state index in [4.69, 9.17) is 4.74 Å². The largest absolute Gasteiger partial charge is 0.374 e. The third-order valence-corrected chi connectivity index (χ3v) is 2.86. The SMILES string of the molecule is Cc1ccc(F)c(C(=O)NCC2CNCCO2)c1. The van der Waals surface area contributed by atoms with Crippen molar-refractivity contribution < 1.29 is 13.9 Å². The molecule has 18 heavy (non-hydrogen) atoms. The zero-order chi connectivity index (χ0) is 13.0. The van der Waals surface area contributed by atoms with Crippen LogP contribution in [0.25, 0.3) is 0 Å². The first-order valence-corrected chi connectivity index (χ1v) is 6.03. The van der Waals surface area contributed by atoms with E-state index in [1.54, 1.807) is 12.1 Å². The van der Waals surface area contributed by atoms with Crippen molar-refractivity contribution in [1.82, 2.24) is 10.6 Å². The Balaban J connectivity index is 1.92. The molecule has 0 radical (unpaired) electrons. The van der Waals surface area contributed by atoms with E-state index in [1.165, 1.54) is 6.07 Å². The van der Waals surface area contributed by atoms with Crippen LogP contribution in [0.3, 0.4) is 0 Å². The van der Waals surface area contributed by atoms with E-state index < -0.39 is 11.7 Å². The maximum Gasteiger partial charge on any atom is 0.254 e. The smallest absolute Gasteiger partial charge is 0.254 e. The quantitative estimate of drug-likeness (QED) is 0.838. The molecule has 1 fully saturated rings. The average molecular weight is 252 g/mol. The van der Waals surface area contributed by atoms with E-state index in [-0.39, 0.29) is 11.7 Å². The molecule has 0 aromatic heterocycles. The fraction of sp³-hybridized carbons (Fsp3) is 0.462. The number of halogens is 1. The standard InChI is InChI=1S/C13H17FN2O2/c1-9-2-3-12(14)11(6-9)13(17)16-8-10-7-15-4-5-18-10/h2-3,6,10,15H,4-5,7-8H2,1H3,(H,16,17). The Morgan fingerprint density at radius 2 is 2.44 bits per heavy atom. The van der Waals surface area contributed by atoms with Gasteiger partial charge in [-0.25, -0.2) is 4.39 Å². The zero-order valence-corrected chi connectivity index (χ0v) is 10.3. The third kappa shape index (κ3) is 3.27. The van der Waals surface area contributed by atoms with E-state index in [9.17, 15) is 9.18 Å². The minimum absolute atomic E-state index is 0.0458. The maximum atomic E-state index is 13.5. The summed E-state index contributed by atoms with van der Waals surface area (Å²) in [5.74, 6) is -0.897. The highest BCUT2D eigenvalue weighted by Crippen LogP contribution is 2.09. The molecule has 2 rings (SSSR count). The van der Waals surface area contributed by atoms with Gasteiger partial charge in [0.2, 0.25) is 0 Å². The first-order chi connectivity index (χ1) is 8.66. The van der Waals surface area contributed by atoms with Crippen LogP contribution < -0.4 is 10.6 Å². The topological polar surface area (TPSA) is 50.4 Å². The molecule has 1 aromatic rings. The van der Waals surface area contributed by atoms with Crippen LogP contribution in [0.2, 0.25) is 0 Å². The summed E-state index contributed by atoms with van der Waals surface area (Å²) in [4.78, 5) is 11.8. The van der Waals surface area contributed by atoms with Gasteiger partial charge in [-0.05, 0) is 19.1 Å². The van der Waals surface area contributed by atoms with Crippen molar-refractivity contribution in [2.24, 2.45) is 0 Å². The van der Waals surface area contributed by atoms with Crippen molar-refractivity contribution >= 4 is 5.91 Å². The van der Waals surface area contributed by atoms with Crippen molar-refractivity contribution in [3.05, 3.63) is 35.1 Å². The fourth-order valence-electron chi connectivity index (χ4n) is 1.87. The van der Waals surface area contributed by atoms with Gasteiger partial charge < -0.3 is 15.4 Å². The summed E-state index contributed by atoms with van der Waals surface area (Å²) in [6.07, 6.45) is -0.0458. The normalized spacial score (nSPS) is 19.6. The van der Waals surface area contributed by atoms with Gasteiger partial charge in [-0.3, -0.25) is 4.79 Å². The maximum absolute atomic E-state index is 13.5. The molecule has 98 valence electrons. The Labute approximate surface area is 106 Å². The van der Waals surface area contributed by atoms with Gasteiger partial charge in [-0.1, -0.05) is 11.6 Å². The second kappa shape index (κ2) is 5.93. The summed E-state index contributed by atoms with van der Waals surface area (Å²) in [6, 6.07) is 4.49. The van der Waals surface area contributed by atoms with Crippen LogP contribution >= 0.6 is 0 Å². The molecule has 0 saturated carbocycles. The molecule has 0 bridgehead atoms. The van der Waals surface area contributed by atoms with Crippen LogP contribution in [0, 0.1) is 12.7 Å². The van der Waals surface area contributed by atoms with Crippen LogP contribution in [0.15, 0.2) is 18.2 Å². The number of aryl methyl sites for hydroxylation is 1. The average Bonchev–Trinajstić information content (AvgIpc) is 2.40. The van der Waals surface area contributed by atoms with Gasteiger partial charge in [-0.2, -0.15) is 0 Å². The van der Waals surface area contributed by atoms with E-state index in [1.807, 2.05) is 6.92 Å². The van der Waals surface area contributed by atoms with Gasteiger partial charge >= 0.3 is 0 Å². The molecule has 1 heterocycles. The van der Waals surface area contributed by atoms with Crippen molar-refractivity contribution in [2.75, 3.05) is 26.2 Å². The molecule has 1 unspecified atom stereocenters. The van der Waals surface area contributed by atoms with Gasteiger partial charge in [0.1, 0.15) is 5.82 Å². The number of rotatable bonds is 3. The minimum atomic E-state index is -0.499. The first-order valence-electron chi connectivity index (χ1n) is 6.03. The van der Waals surface area contributed by atoms with Gasteiger partial charge in [-0.15, -0.1) is 0 Å². The number of hydrogen-bond acceptors (Lipinski definition) is 3. The lowest BCUT2D eigenvalue weighted by Crippen LogP contribution is -2.45. The van der Waals surface area contributed by atoms with Gasteiger partial charge in [0.05, 0.1) is 18.3 Å². The molecule has 4 nitrogen and oxygen atoms in total. The van der Waals surface area contributed by atoms with Crippen LogP contribution in [0.4, 0.5) is 4.39 Å². The lowest BCUT2D eigenvalue weighted by Gasteiger charge is -2.23. The van der Waals surface area contributed by atoms with Crippen molar-refractivity contribution in [2.45, 2.75) is 13.0 Å². The number of morpholine rings is 1. The summed E-state index contributed by atoms with van der Waals surface area (Å²) in [6.45, 7) is 4.39. The number of amides is 1. The molecule has 1 amide bonds. The monoisotopic (exact) mass is 252 g/mol. The molecule has 1 atom stereocenters. The minimum Gasteiger partial charge on any atom is -0.374 e. The Morgan fingerprint density at radius 1 is 1.61 bits per heavy atom. The Hall–Kier alpha value is -1.46. The van der Waals surface area contributed by atoms with Crippen LogP contribution in [-0.2, 0) is 4.74 Å². The highest BCUT2D eigenvalue weighted by molar-refractivity contribution is 5.94. The number of hydrogen-bond donors (Lipinski definition) is 2. The lowest BCUT2D eigenvalue weighted by atomic mass is 10.1. The Kier molecular flexibility index (Phi) is 4.28. The van der Waals surface area contributed by atoms with Crippen LogP contribution in [0.1, 0.15) is 15.9 Å². The summed E-state index contributed by atoms with van der Waals surface area (Å²) in [7, 11) is 0. The predicted octanol–water partition coefficient (Wildman–Crippen LogP) is 0.852. The number of carbonyl (C=O) groups is 1. The van der Waals surface area contributed by atoms with Crippen molar-refractivity contribution in [3.63, 3.8) is 0 Å². The van der Waals surface area contributed by atoms with E-state index in [0.29, 0.717) is 19.7 Å². The third-order valence-electron chi connectivity index (χ3n) is 2.86. The number of ether oxygens (including phenoxy) is 1. The van der Waals surface area contributed by atoms with Crippen LogP contribution in [0.5, 0.6) is 0 Å². The molecule has 1 saturated heterocycles. The number of benzene rings is 1. The highest BCUT2D eigenvalue weighted by Gasteiger charge is 2.16. The highest BCUT2D eigenvalue weighted by atomic mass is 19.1. The summed E-state index contributed by atoms with van der Waals surface area (Å²) >= 11 is 0. The first kappa shape index (κ1) is 13.0. The molecule has 1 aromatic carbocycles. The van der Waals surface area contributed by atoms with E-state index in [0.717, 1.165) is 12.1 Å². The van der Waals surface area contributed by atoms with E-state index >= 15 is 0 Å². The van der Waals surface area contributed by atoms with E-state index in [2.05, 4.69) is 10.6 Å². The van der Waals surface area contributed by atoms with Crippen molar-refractivity contribution in [3.8, 4) is 0 Å².